The van der Waals surface area contributed by atoms with Gasteiger partial charge in [0.25, 0.3) is 0 Å². The normalized spacial score (nSPS) is 12.0. The quantitative estimate of drug-likeness (QED) is 0.299. The monoisotopic (exact) mass is 278 g/mol. The fourth-order valence-electron chi connectivity index (χ4n) is 1.98. The number of unbranched alkanes of at least 4 members (excludes halogenated alkanes) is 6. The number of hydrogen-bond donors (Lipinski definition) is 0. The van der Waals surface area contributed by atoms with Gasteiger partial charge in [-0.05, 0) is 18.6 Å². The molecule has 0 saturated heterocycles. The van der Waals surface area contributed by atoms with Gasteiger partial charge in [-0.3, -0.25) is 0 Å². The highest BCUT2D eigenvalue weighted by molar-refractivity contribution is 8.00. The summed E-state index contributed by atoms with van der Waals surface area (Å²) in [5.74, 6) is 2.02. The predicted octanol–water partition coefficient (Wildman–Crippen LogP) is 6.27. The maximum Gasteiger partial charge on any atom is 0.0231 e. The van der Waals surface area contributed by atoms with Gasteiger partial charge in [0.05, 0.1) is 0 Å². The molecule has 2 heteroatoms. The average Bonchev–Trinajstić information content (AvgIpc) is 2.28. The average molecular weight is 279 g/mol. The summed E-state index contributed by atoms with van der Waals surface area (Å²) < 4.78 is 0.454. The summed E-state index contributed by atoms with van der Waals surface area (Å²) in [7, 11) is 0. The first-order chi connectivity index (χ1) is 8.12. The largest absolute Gasteiger partial charge is 0.156 e. The van der Waals surface area contributed by atoms with Gasteiger partial charge in [-0.1, -0.05) is 65.7 Å². The lowest BCUT2D eigenvalue weighted by atomic mass is 10.0. The highest BCUT2D eigenvalue weighted by Gasteiger charge is 2.16. The third kappa shape index (κ3) is 12.9. The minimum absolute atomic E-state index is 0.454. The summed E-state index contributed by atoms with van der Waals surface area (Å²) in [5.41, 5.74) is 0. The molecule has 0 aliphatic carbocycles. The van der Waals surface area contributed by atoms with Gasteiger partial charge in [-0.25, -0.2) is 0 Å². The molecule has 0 spiro atoms. The van der Waals surface area contributed by atoms with Gasteiger partial charge in [0, 0.05) is 10.6 Å². The van der Waals surface area contributed by atoms with Crippen LogP contribution in [-0.2, 0) is 0 Å². The molecule has 0 aliphatic heterocycles. The van der Waals surface area contributed by atoms with E-state index in [1.807, 2.05) is 0 Å². The van der Waals surface area contributed by atoms with Crippen LogP contribution in [0.2, 0.25) is 0 Å². The highest BCUT2D eigenvalue weighted by Crippen LogP contribution is 2.30. The van der Waals surface area contributed by atoms with Gasteiger partial charge in [0.2, 0.25) is 0 Å². The zero-order chi connectivity index (χ0) is 13.0. The van der Waals surface area contributed by atoms with Gasteiger partial charge < -0.3 is 0 Å². The van der Waals surface area contributed by atoms with E-state index in [2.05, 4.69) is 32.5 Å². The molecule has 0 fully saturated rings. The van der Waals surface area contributed by atoms with Crippen LogP contribution < -0.4 is 0 Å². The minimum Gasteiger partial charge on any atom is -0.156 e. The van der Waals surface area contributed by atoms with Crippen LogP contribution >= 0.6 is 23.4 Å². The Morgan fingerprint density at radius 3 is 2.06 bits per heavy atom. The lowest BCUT2D eigenvalue weighted by Gasteiger charge is -2.23. The highest BCUT2D eigenvalue weighted by atomic mass is 35.5. The molecule has 0 aromatic rings. The fraction of sp³-hybridized carbons (Fsp3) is 1.00. The molecule has 0 aliphatic rings. The Kier molecular flexibility index (Phi) is 12.2. The van der Waals surface area contributed by atoms with E-state index in [0.717, 1.165) is 12.3 Å². The van der Waals surface area contributed by atoms with Gasteiger partial charge in [0.1, 0.15) is 0 Å². The predicted molar refractivity (Wildman–Crippen MR) is 84.5 cm³/mol. The molecule has 104 valence electrons. The van der Waals surface area contributed by atoms with Crippen LogP contribution in [0.15, 0.2) is 0 Å². The molecular weight excluding hydrogens is 248 g/mol. The Hall–Kier alpha value is 0.640. The smallest absolute Gasteiger partial charge is 0.0231 e. The van der Waals surface area contributed by atoms with Gasteiger partial charge in [-0.2, -0.15) is 11.8 Å². The molecule has 0 aromatic carbocycles. The van der Waals surface area contributed by atoms with E-state index >= 15 is 0 Å². The molecule has 0 N–H and O–H groups in total. The Morgan fingerprint density at radius 1 is 0.882 bits per heavy atom. The van der Waals surface area contributed by atoms with E-state index in [1.54, 1.807) is 0 Å². The number of alkyl halides is 1. The second-order valence-corrected chi connectivity index (χ2v) is 7.70. The van der Waals surface area contributed by atoms with Crippen molar-refractivity contribution < 1.29 is 0 Å². The van der Waals surface area contributed by atoms with E-state index in [1.165, 1.54) is 57.1 Å². The second kappa shape index (κ2) is 11.7. The van der Waals surface area contributed by atoms with Crippen molar-refractivity contribution in [2.75, 3.05) is 11.6 Å². The lowest BCUT2D eigenvalue weighted by molar-refractivity contribution is 0.536. The van der Waals surface area contributed by atoms with Crippen molar-refractivity contribution in [3.63, 3.8) is 0 Å². The summed E-state index contributed by atoms with van der Waals surface area (Å²) in [6.45, 7) is 7.03. The van der Waals surface area contributed by atoms with Gasteiger partial charge in [0.15, 0.2) is 0 Å². The first-order valence-corrected chi connectivity index (χ1v) is 8.84. The summed E-state index contributed by atoms with van der Waals surface area (Å²) in [5, 5.41) is 0. The molecule has 0 radical (unpaired) electrons. The number of thioether (sulfide) groups is 1. The van der Waals surface area contributed by atoms with Crippen LogP contribution in [0.1, 0.15) is 78.6 Å². The minimum atomic E-state index is 0.454. The molecule has 0 bridgehead atoms. The summed E-state index contributed by atoms with van der Waals surface area (Å²) >= 11 is 7.80. The molecule has 0 aromatic heterocycles. The van der Waals surface area contributed by atoms with Crippen molar-refractivity contribution in [1.82, 2.24) is 0 Å². The van der Waals surface area contributed by atoms with Crippen molar-refractivity contribution in [2.24, 2.45) is 0 Å². The number of hydrogen-bond acceptors (Lipinski definition) is 1. The van der Waals surface area contributed by atoms with E-state index < -0.39 is 0 Å². The van der Waals surface area contributed by atoms with Gasteiger partial charge in [-0.15, -0.1) is 11.6 Å². The summed E-state index contributed by atoms with van der Waals surface area (Å²) in [6, 6.07) is 0. The lowest BCUT2D eigenvalue weighted by Crippen LogP contribution is -2.15. The Morgan fingerprint density at radius 2 is 1.47 bits per heavy atom. The topological polar surface area (TPSA) is 0 Å². The first-order valence-electron chi connectivity index (χ1n) is 7.32. The zero-order valence-electron chi connectivity index (χ0n) is 12.1. The molecule has 0 amide bonds. The zero-order valence-corrected chi connectivity index (χ0v) is 13.6. The van der Waals surface area contributed by atoms with E-state index in [0.29, 0.717) is 4.75 Å². The number of rotatable bonds is 12. The third-order valence-electron chi connectivity index (χ3n) is 3.15. The molecule has 17 heavy (non-hydrogen) atoms. The molecular formula is C15H31ClS. The van der Waals surface area contributed by atoms with E-state index in [4.69, 9.17) is 11.6 Å². The second-order valence-electron chi connectivity index (χ2n) is 5.52. The Bertz CT molecular complexity index is 157. The summed E-state index contributed by atoms with van der Waals surface area (Å²) in [6.07, 6.45) is 12.4. The van der Waals surface area contributed by atoms with E-state index in [-0.39, 0.29) is 0 Å². The van der Waals surface area contributed by atoms with Crippen molar-refractivity contribution in [3.05, 3.63) is 0 Å². The van der Waals surface area contributed by atoms with Crippen molar-refractivity contribution in [1.29, 1.82) is 0 Å². The first kappa shape index (κ1) is 17.6. The standard InChI is InChI=1S/C15H31ClS/c1-4-5-6-7-8-9-10-12-15(2,3)17-14-11-13-16/h4-14H2,1-3H3. The van der Waals surface area contributed by atoms with Crippen LogP contribution in [0.4, 0.5) is 0 Å². The maximum atomic E-state index is 5.70. The van der Waals surface area contributed by atoms with Crippen molar-refractivity contribution in [2.45, 2.75) is 83.3 Å². The van der Waals surface area contributed by atoms with Crippen LogP contribution in [0.25, 0.3) is 0 Å². The van der Waals surface area contributed by atoms with Crippen LogP contribution in [-0.4, -0.2) is 16.4 Å². The van der Waals surface area contributed by atoms with Crippen LogP contribution in [0, 0.1) is 0 Å². The molecule has 0 heterocycles. The Balaban J connectivity index is 3.32. The van der Waals surface area contributed by atoms with Crippen molar-refractivity contribution >= 4 is 23.4 Å². The van der Waals surface area contributed by atoms with Crippen LogP contribution in [0.5, 0.6) is 0 Å². The molecule has 0 rings (SSSR count). The SMILES string of the molecule is CCCCCCCCCC(C)(C)SCCCCl. The van der Waals surface area contributed by atoms with Crippen LogP contribution in [0.3, 0.4) is 0 Å². The molecule has 0 atom stereocenters. The third-order valence-corrected chi connectivity index (χ3v) is 4.90. The van der Waals surface area contributed by atoms with Crippen molar-refractivity contribution in [3.8, 4) is 0 Å². The molecule has 0 saturated carbocycles. The Labute approximate surface area is 118 Å². The molecule has 0 nitrogen and oxygen atoms in total. The van der Waals surface area contributed by atoms with Gasteiger partial charge >= 0.3 is 0 Å². The molecule has 0 unspecified atom stereocenters. The fourth-order valence-corrected chi connectivity index (χ4v) is 3.41. The number of halogens is 1. The maximum absolute atomic E-state index is 5.70. The summed E-state index contributed by atoms with van der Waals surface area (Å²) in [4.78, 5) is 0. The van der Waals surface area contributed by atoms with E-state index in [9.17, 15) is 0 Å².